The molecule has 18 heteroatoms. The molecule has 0 saturated heterocycles. The normalized spacial score (nSPS) is 15.4. The van der Waals surface area contributed by atoms with Crippen LogP contribution < -0.4 is 5.32 Å². The second-order valence-corrected chi connectivity index (χ2v) is 5.28. The third kappa shape index (κ3) is 3.90. The molecule has 0 unspecified atom stereocenters. The van der Waals surface area contributed by atoms with Crippen molar-refractivity contribution in [2.45, 2.75) is 48.1 Å². The van der Waals surface area contributed by atoms with Crippen molar-refractivity contribution >= 4 is 5.91 Å². The molecule has 0 aliphatic heterocycles. The molecule has 0 aromatic carbocycles. The summed E-state index contributed by atoms with van der Waals surface area (Å²) < 4.78 is 192. The SMILES string of the molecule is O=C(NCCCO)C(F)(F)C(F)(F)C(F)(F)C(F)(F)C(F)(F)C(F)(F)C(F)(F)F. The lowest BCUT2D eigenvalue weighted by molar-refractivity contribution is -0.449. The van der Waals surface area contributed by atoms with E-state index in [-0.39, 0.29) is 0 Å². The Balaban J connectivity index is 6.32. The van der Waals surface area contributed by atoms with E-state index in [1.165, 1.54) is 0 Å². The van der Waals surface area contributed by atoms with E-state index in [9.17, 15) is 70.7 Å². The van der Waals surface area contributed by atoms with Gasteiger partial charge in [-0.3, -0.25) is 4.79 Å². The number of carbonyl (C=O) groups excluding carboxylic acids is 1. The van der Waals surface area contributed by atoms with Crippen LogP contribution in [0.15, 0.2) is 0 Å². The van der Waals surface area contributed by atoms with Crippen LogP contribution in [0.1, 0.15) is 6.42 Å². The van der Waals surface area contributed by atoms with Gasteiger partial charge in [-0.25, -0.2) is 0 Å². The van der Waals surface area contributed by atoms with Gasteiger partial charge in [0.2, 0.25) is 0 Å². The average molecular weight is 471 g/mol. The summed E-state index contributed by atoms with van der Waals surface area (Å²) in [6.45, 7) is -2.04. The van der Waals surface area contributed by atoms with Crippen molar-refractivity contribution in [3.8, 4) is 0 Å². The van der Waals surface area contributed by atoms with Crippen LogP contribution in [0, 0.1) is 0 Å². The third-order valence-electron chi connectivity index (χ3n) is 3.23. The smallest absolute Gasteiger partial charge is 0.396 e. The molecule has 0 aliphatic rings. The number of aliphatic hydroxyl groups is 1. The minimum Gasteiger partial charge on any atom is -0.396 e. The van der Waals surface area contributed by atoms with Gasteiger partial charge in [0.15, 0.2) is 0 Å². The lowest BCUT2D eigenvalue weighted by Crippen LogP contribution is -2.74. The van der Waals surface area contributed by atoms with Crippen LogP contribution >= 0.6 is 0 Å². The fourth-order valence-electron chi connectivity index (χ4n) is 1.50. The van der Waals surface area contributed by atoms with Gasteiger partial charge in [-0.2, -0.15) is 65.9 Å². The van der Waals surface area contributed by atoms with Crippen LogP contribution in [0.2, 0.25) is 0 Å². The monoisotopic (exact) mass is 471 g/mol. The lowest BCUT2D eigenvalue weighted by Gasteiger charge is -2.41. The maximum Gasteiger partial charge on any atom is 0.460 e. The van der Waals surface area contributed by atoms with Gasteiger partial charge in [0.05, 0.1) is 0 Å². The average Bonchev–Trinajstić information content (AvgIpc) is 2.52. The largest absolute Gasteiger partial charge is 0.460 e. The minimum absolute atomic E-state index is 0.671. The van der Waals surface area contributed by atoms with Crippen molar-refractivity contribution in [1.29, 1.82) is 0 Å². The molecule has 0 saturated carbocycles. The maximum atomic E-state index is 13.3. The summed E-state index contributed by atoms with van der Waals surface area (Å²) in [7, 11) is 0. The quantitative estimate of drug-likeness (QED) is 0.397. The first-order chi connectivity index (χ1) is 12.5. The Morgan fingerprint density at radius 1 is 0.621 bits per heavy atom. The molecule has 2 N–H and O–H groups in total. The standard InChI is InChI=1S/C11H8F15NO2/c12-5(13,4(29)27-2-1-3-28)6(14,15)7(16,17)8(18,19)9(20,21)10(22,23)11(24,25)26/h28H,1-3H2,(H,27,29). The summed E-state index contributed by atoms with van der Waals surface area (Å²) in [5, 5.41) is 8.98. The summed E-state index contributed by atoms with van der Waals surface area (Å²) in [5.41, 5.74) is 0. The molecule has 0 aliphatic carbocycles. The van der Waals surface area contributed by atoms with E-state index in [1.54, 1.807) is 0 Å². The molecule has 0 heterocycles. The lowest BCUT2D eigenvalue weighted by atomic mass is 9.91. The van der Waals surface area contributed by atoms with E-state index in [2.05, 4.69) is 0 Å². The van der Waals surface area contributed by atoms with E-state index in [0.717, 1.165) is 5.32 Å². The number of halogens is 15. The first-order valence-electron chi connectivity index (χ1n) is 6.71. The van der Waals surface area contributed by atoms with Crippen molar-refractivity contribution in [3.63, 3.8) is 0 Å². The fourth-order valence-corrected chi connectivity index (χ4v) is 1.50. The van der Waals surface area contributed by atoms with Crippen LogP contribution in [0.5, 0.6) is 0 Å². The van der Waals surface area contributed by atoms with Gasteiger partial charge in [-0.15, -0.1) is 0 Å². The number of hydrogen-bond acceptors (Lipinski definition) is 2. The summed E-state index contributed by atoms with van der Waals surface area (Å²) >= 11 is 0. The van der Waals surface area contributed by atoms with Gasteiger partial charge < -0.3 is 10.4 Å². The van der Waals surface area contributed by atoms with Gasteiger partial charge in [0.1, 0.15) is 0 Å². The zero-order chi connectivity index (χ0) is 23.9. The van der Waals surface area contributed by atoms with Crippen LogP contribution in [0.4, 0.5) is 65.9 Å². The Morgan fingerprint density at radius 2 is 0.966 bits per heavy atom. The van der Waals surface area contributed by atoms with Crippen molar-refractivity contribution in [3.05, 3.63) is 0 Å². The molecule has 0 rings (SSSR count). The molecule has 0 radical (unpaired) electrons. The first kappa shape index (κ1) is 27.4. The van der Waals surface area contributed by atoms with E-state index < -0.39 is 67.2 Å². The molecule has 0 aromatic heterocycles. The predicted molar refractivity (Wildman–Crippen MR) is 60.4 cm³/mol. The Kier molecular flexibility index (Phi) is 7.15. The van der Waals surface area contributed by atoms with Crippen LogP contribution in [0.25, 0.3) is 0 Å². The predicted octanol–water partition coefficient (Wildman–Crippen LogP) is 3.86. The second-order valence-electron chi connectivity index (χ2n) is 5.28. The first-order valence-corrected chi connectivity index (χ1v) is 6.71. The number of amides is 1. The zero-order valence-corrected chi connectivity index (χ0v) is 13.1. The van der Waals surface area contributed by atoms with E-state index in [1.807, 2.05) is 0 Å². The number of rotatable bonds is 9. The third-order valence-corrected chi connectivity index (χ3v) is 3.23. The van der Waals surface area contributed by atoms with Crippen molar-refractivity contribution in [1.82, 2.24) is 5.32 Å². The number of aliphatic hydroxyl groups excluding tert-OH is 1. The fraction of sp³-hybridized carbons (Fsp3) is 0.909. The van der Waals surface area contributed by atoms with Crippen molar-refractivity contribution in [2.75, 3.05) is 13.2 Å². The Hall–Kier alpha value is -1.62. The Bertz CT molecular complexity index is 598. The summed E-state index contributed by atoms with van der Waals surface area (Å²) in [4.78, 5) is 10.8. The van der Waals surface area contributed by atoms with E-state index in [4.69, 9.17) is 5.11 Å². The molecule has 0 bridgehead atoms. The molecule has 0 spiro atoms. The van der Waals surface area contributed by atoms with Crippen LogP contribution in [-0.4, -0.2) is 65.9 Å². The molecule has 0 fully saturated rings. The van der Waals surface area contributed by atoms with Crippen LogP contribution in [0.3, 0.4) is 0 Å². The molecule has 1 amide bonds. The topological polar surface area (TPSA) is 49.3 Å². The number of hydrogen-bond donors (Lipinski definition) is 2. The summed E-state index contributed by atoms with van der Waals surface area (Å²) in [5.74, 6) is -51.5. The Labute approximate surface area is 149 Å². The Morgan fingerprint density at radius 3 is 1.31 bits per heavy atom. The number of alkyl halides is 15. The van der Waals surface area contributed by atoms with Gasteiger partial charge in [-0.1, -0.05) is 0 Å². The number of nitrogens with one attached hydrogen (secondary N) is 1. The van der Waals surface area contributed by atoms with Crippen molar-refractivity contribution < 1.29 is 75.8 Å². The molecular formula is C11H8F15NO2. The highest BCUT2D eigenvalue weighted by atomic mass is 19.4. The maximum absolute atomic E-state index is 13.3. The number of carbonyl (C=O) groups is 1. The molecule has 0 atom stereocenters. The molecular weight excluding hydrogens is 463 g/mol. The van der Waals surface area contributed by atoms with Crippen molar-refractivity contribution in [2.24, 2.45) is 0 Å². The summed E-state index contributed by atoms with van der Waals surface area (Å²) in [6.07, 6.45) is -8.36. The van der Waals surface area contributed by atoms with Gasteiger partial charge in [0, 0.05) is 13.2 Å². The minimum atomic E-state index is -8.43. The zero-order valence-electron chi connectivity index (χ0n) is 13.1. The molecule has 29 heavy (non-hydrogen) atoms. The molecule has 174 valence electrons. The highest BCUT2D eigenvalue weighted by Gasteiger charge is 2.94. The molecule has 0 aromatic rings. The highest BCUT2D eigenvalue weighted by Crippen LogP contribution is 2.62. The van der Waals surface area contributed by atoms with Crippen LogP contribution in [-0.2, 0) is 4.79 Å². The van der Waals surface area contributed by atoms with E-state index >= 15 is 0 Å². The summed E-state index contributed by atoms with van der Waals surface area (Å²) in [6, 6.07) is 0. The molecule has 3 nitrogen and oxygen atoms in total. The van der Waals surface area contributed by atoms with Gasteiger partial charge in [0.25, 0.3) is 5.91 Å². The second kappa shape index (κ2) is 7.57. The van der Waals surface area contributed by atoms with E-state index in [0.29, 0.717) is 0 Å². The highest BCUT2D eigenvalue weighted by molar-refractivity contribution is 5.84. The van der Waals surface area contributed by atoms with Gasteiger partial charge in [-0.05, 0) is 6.42 Å². The van der Waals surface area contributed by atoms with Gasteiger partial charge >= 0.3 is 41.7 Å².